The second kappa shape index (κ2) is 8.69. The summed E-state index contributed by atoms with van der Waals surface area (Å²) in [5, 5.41) is 14.9. The molecule has 0 bridgehead atoms. The molecule has 1 atom stereocenters. The molecule has 2 aromatic carbocycles. The number of benzene rings is 2. The molecule has 6 heteroatoms. The first kappa shape index (κ1) is 19.0. The Morgan fingerprint density at radius 2 is 1.80 bits per heavy atom. The largest absolute Gasteiger partial charge is 0.396 e. The summed E-state index contributed by atoms with van der Waals surface area (Å²) >= 11 is 5.24. The van der Waals surface area contributed by atoms with Crippen molar-refractivity contribution in [2.24, 2.45) is 0 Å². The molecule has 1 amide bonds. The first-order valence-electron chi connectivity index (χ1n) is 8.01. The average Bonchev–Trinajstić information content (AvgIpc) is 2.61. The maximum Gasteiger partial charge on any atom is 0.257 e. The third-order valence-corrected chi connectivity index (χ3v) is 4.16. The number of aliphatic hydroxyl groups excluding tert-OH is 1. The number of amides is 1. The summed E-state index contributed by atoms with van der Waals surface area (Å²) in [6.07, 6.45) is 0.916. The van der Waals surface area contributed by atoms with E-state index in [1.165, 1.54) is 6.07 Å². The van der Waals surface area contributed by atoms with Crippen molar-refractivity contribution in [3.05, 3.63) is 71.5 Å². The minimum absolute atomic E-state index is 0.0190. The topological polar surface area (TPSA) is 61.4 Å². The second-order valence-electron chi connectivity index (χ2n) is 5.91. The lowest BCUT2D eigenvalue weighted by Crippen LogP contribution is -2.50. The van der Waals surface area contributed by atoms with Crippen LogP contribution in [0.2, 0.25) is 0 Å². The van der Waals surface area contributed by atoms with Crippen LogP contribution in [0, 0.1) is 5.82 Å². The number of thiocarbonyl (C=S) groups is 1. The Kier molecular flexibility index (Phi) is 6.61. The van der Waals surface area contributed by atoms with Crippen LogP contribution >= 0.6 is 12.2 Å². The van der Waals surface area contributed by atoms with Crippen molar-refractivity contribution >= 4 is 23.2 Å². The molecule has 0 spiro atoms. The number of rotatable bonds is 6. The van der Waals surface area contributed by atoms with E-state index in [1.54, 1.807) is 49.4 Å². The van der Waals surface area contributed by atoms with Gasteiger partial charge in [0.05, 0.1) is 5.54 Å². The number of carbonyl (C=O) groups is 1. The van der Waals surface area contributed by atoms with Crippen molar-refractivity contribution in [2.45, 2.75) is 25.3 Å². The van der Waals surface area contributed by atoms with E-state index in [-0.39, 0.29) is 23.4 Å². The van der Waals surface area contributed by atoms with Gasteiger partial charge in [-0.1, -0.05) is 36.4 Å². The Morgan fingerprint density at radius 1 is 1.16 bits per heavy atom. The molecule has 0 aliphatic rings. The number of nitrogens with one attached hydrogen (secondary N) is 2. The van der Waals surface area contributed by atoms with Crippen LogP contribution in [0.4, 0.5) is 4.39 Å². The molecular weight excluding hydrogens is 339 g/mol. The Labute approximate surface area is 152 Å². The predicted molar refractivity (Wildman–Crippen MR) is 99.7 cm³/mol. The lowest BCUT2D eigenvalue weighted by Gasteiger charge is -2.33. The lowest BCUT2D eigenvalue weighted by atomic mass is 9.87. The fourth-order valence-electron chi connectivity index (χ4n) is 2.65. The number of carbonyl (C=O) groups excluding carboxylic acids is 1. The molecule has 0 aliphatic carbocycles. The molecule has 132 valence electrons. The molecule has 0 aliphatic heterocycles. The minimum atomic E-state index is -0.852. The Hall–Kier alpha value is -2.31. The van der Waals surface area contributed by atoms with Crippen LogP contribution in [-0.4, -0.2) is 22.7 Å². The Balaban J connectivity index is 2.15. The first-order chi connectivity index (χ1) is 12.0. The van der Waals surface area contributed by atoms with Crippen molar-refractivity contribution < 1.29 is 14.3 Å². The maximum absolute atomic E-state index is 14.3. The molecule has 25 heavy (non-hydrogen) atoms. The van der Waals surface area contributed by atoms with Crippen LogP contribution in [-0.2, 0) is 5.54 Å². The van der Waals surface area contributed by atoms with Gasteiger partial charge in [0.2, 0.25) is 0 Å². The van der Waals surface area contributed by atoms with E-state index < -0.39 is 5.54 Å². The van der Waals surface area contributed by atoms with Crippen molar-refractivity contribution in [3.8, 4) is 0 Å². The highest BCUT2D eigenvalue weighted by atomic mass is 32.1. The molecule has 2 aromatic rings. The summed E-state index contributed by atoms with van der Waals surface area (Å²) in [5.41, 5.74) is 0.0594. The molecule has 0 heterocycles. The molecule has 0 unspecified atom stereocenters. The standard InChI is InChI=1S/C19H21FN2O2S/c1-19(12-7-13-23,15-10-5-6-11-16(15)20)22-18(25)21-17(24)14-8-3-2-4-9-14/h2-6,8-11,23H,7,12-13H2,1H3,(H2,21,22,24,25)/t19-/m0/s1. The third kappa shape index (κ3) is 5.08. The smallest absolute Gasteiger partial charge is 0.257 e. The van der Waals surface area contributed by atoms with Gasteiger partial charge in [0, 0.05) is 17.7 Å². The number of hydrogen-bond acceptors (Lipinski definition) is 3. The van der Waals surface area contributed by atoms with E-state index in [2.05, 4.69) is 10.6 Å². The zero-order valence-corrected chi connectivity index (χ0v) is 14.8. The Morgan fingerprint density at radius 3 is 2.44 bits per heavy atom. The van der Waals surface area contributed by atoms with E-state index in [9.17, 15) is 9.18 Å². The van der Waals surface area contributed by atoms with E-state index in [0.717, 1.165) is 0 Å². The van der Waals surface area contributed by atoms with E-state index in [0.29, 0.717) is 24.0 Å². The van der Waals surface area contributed by atoms with Gasteiger partial charge in [-0.2, -0.15) is 0 Å². The van der Waals surface area contributed by atoms with E-state index in [1.807, 2.05) is 6.07 Å². The summed E-state index contributed by atoms with van der Waals surface area (Å²) in [5.74, 6) is -0.705. The summed E-state index contributed by atoms with van der Waals surface area (Å²) in [4.78, 5) is 12.2. The van der Waals surface area contributed by atoms with Gasteiger partial charge in [0.1, 0.15) is 5.82 Å². The lowest BCUT2D eigenvalue weighted by molar-refractivity contribution is 0.0975. The van der Waals surface area contributed by atoms with Gasteiger partial charge in [-0.3, -0.25) is 10.1 Å². The van der Waals surface area contributed by atoms with Gasteiger partial charge in [0.15, 0.2) is 5.11 Å². The number of halogens is 1. The molecule has 2 rings (SSSR count). The summed E-state index contributed by atoms with van der Waals surface area (Å²) < 4.78 is 14.3. The monoisotopic (exact) mass is 360 g/mol. The van der Waals surface area contributed by atoms with Crippen molar-refractivity contribution in [3.63, 3.8) is 0 Å². The fraction of sp³-hybridized carbons (Fsp3) is 0.263. The first-order valence-corrected chi connectivity index (χ1v) is 8.41. The number of hydrogen-bond donors (Lipinski definition) is 3. The van der Waals surface area contributed by atoms with Crippen molar-refractivity contribution in [1.82, 2.24) is 10.6 Å². The predicted octanol–water partition coefficient (Wildman–Crippen LogP) is 3.12. The molecular formula is C19H21FN2O2S. The highest BCUT2D eigenvalue weighted by Gasteiger charge is 2.30. The van der Waals surface area contributed by atoms with Gasteiger partial charge in [0.25, 0.3) is 5.91 Å². The normalized spacial score (nSPS) is 12.9. The maximum atomic E-state index is 14.3. The van der Waals surface area contributed by atoms with Crippen LogP contribution < -0.4 is 10.6 Å². The zero-order chi connectivity index (χ0) is 18.3. The summed E-state index contributed by atoms with van der Waals surface area (Å²) in [7, 11) is 0. The summed E-state index contributed by atoms with van der Waals surface area (Å²) in [6, 6.07) is 15.1. The molecule has 0 saturated heterocycles. The van der Waals surface area contributed by atoms with E-state index in [4.69, 9.17) is 17.3 Å². The second-order valence-corrected chi connectivity index (χ2v) is 6.32. The van der Waals surface area contributed by atoms with Crippen molar-refractivity contribution in [1.29, 1.82) is 0 Å². The van der Waals surface area contributed by atoms with Crippen molar-refractivity contribution in [2.75, 3.05) is 6.61 Å². The fourth-order valence-corrected chi connectivity index (χ4v) is 2.97. The van der Waals surface area contributed by atoms with Crippen LogP contribution in [0.25, 0.3) is 0 Å². The zero-order valence-electron chi connectivity index (χ0n) is 14.0. The molecule has 4 nitrogen and oxygen atoms in total. The average molecular weight is 360 g/mol. The van der Waals surface area contributed by atoms with E-state index >= 15 is 0 Å². The molecule has 0 aromatic heterocycles. The van der Waals surface area contributed by atoms with Crippen LogP contribution in [0.5, 0.6) is 0 Å². The Bertz CT molecular complexity index is 739. The van der Waals surface area contributed by atoms with Crippen LogP contribution in [0.1, 0.15) is 35.7 Å². The summed E-state index contributed by atoms with van der Waals surface area (Å²) in [6.45, 7) is 1.77. The van der Waals surface area contributed by atoms with Gasteiger partial charge in [-0.25, -0.2) is 4.39 Å². The molecule has 0 radical (unpaired) electrons. The van der Waals surface area contributed by atoms with Gasteiger partial charge < -0.3 is 10.4 Å². The SMILES string of the molecule is C[C@@](CCCO)(NC(=S)NC(=O)c1ccccc1)c1ccccc1F. The van der Waals surface area contributed by atoms with Gasteiger partial charge in [-0.15, -0.1) is 0 Å². The number of aliphatic hydroxyl groups is 1. The molecule has 0 fully saturated rings. The van der Waals surface area contributed by atoms with Crippen LogP contribution in [0.15, 0.2) is 54.6 Å². The highest BCUT2D eigenvalue weighted by molar-refractivity contribution is 7.80. The highest BCUT2D eigenvalue weighted by Crippen LogP contribution is 2.28. The third-order valence-electron chi connectivity index (χ3n) is 3.96. The van der Waals surface area contributed by atoms with Gasteiger partial charge in [-0.05, 0) is 50.2 Å². The molecule has 3 N–H and O–H groups in total. The minimum Gasteiger partial charge on any atom is -0.396 e. The quantitative estimate of drug-likeness (QED) is 0.693. The van der Waals surface area contributed by atoms with Gasteiger partial charge >= 0.3 is 0 Å². The van der Waals surface area contributed by atoms with Crippen LogP contribution in [0.3, 0.4) is 0 Å². The molecule has 0 saturated carbocycles.